The molecule has 1 heterocycles. The highest BCUT2D eigenvalue weighted by molar-refractivity contribution is 5.96. The van der Waals surface area contributed by atoms with Crippen LogP contribution in [0.2, 0.25) is 0 Å². The molecule has 1 aliphatic rings. The number of carboxylic acid groups (broad SMARTS) is 1. The van der Waals surface area contributed by atoms with Gasteiger partial charge in [-0.05, 0) is 24.6 Å². The van der Waals surface area contributed by atoms with Crippen molar-refractivity contribution in [3.05, 3.63) is 29.3 Å². The highest BCUT2D eigenvalue weighted by Crippen LogP contribution is 2.32. The van der Waals surface area contributed by atoms with E-state index in [1.165, 1.54) is 4.90 Å². The number of likely N-dealkylation sites (N-methyl/N-ethyl adjacent to an activating group) is 1. The van der Waals surface area contributed by atoms with Crippen molar-refractivity contribution >= 4 is 17.6 Å². The van der Waals surface area contributed by atoms with E-state index in [0.29, 0.717) is 19.0 Å². The lowest BCUT2D eigenvalue weighted by atomic mass is 10.1. The number of nitrogens with zero attached hydrogens (tertiary/aromatic N) is 1. The van der Waals surface area contributed by atoms with Crippen LogP contribution in [0.5, 0.6) is 0 Å². The molecular weight excluding hydrogens is 289 g/mol. The van der Waals surface area contributed by atoms with Gasteiger partial charge in [-0.2, -0.15) is 13.2 Å². The largest absolute Gasteiger partial charge is 0.478 e. The summed E-state index contributed by atoms with van der Waals surface area (Å²) in [5.74, 6) is -1.70. The Morgan fingerprint density at radius 1 is 1.43 bits per heavy atom. The quantitative estimate of drug-likeness (QED) is 0.896. The first-order valence-corrected chi connectivity index (χ1v) is 6.16. The van der Waals surface area contributed by atoms with Crippen LogP contribution in [0, 0.1) is 0 Å². The Kier molecular flexibility index (Phi) is 3.80. The Hall–Kier alpha value is -2.25. The summed E-state index contributed by atoms with van der Waals surface area (Å²) in [6, 6.07) is 1.77. The van der Waals surface area contributed by atoms with Gasteiger partial charge in [-0.15, -0.1) is 0 Å². The van der Waals surface area contributed by atoms with E-state index in [-0.39, 0.29) is 11.6 Å². The number of nitrogens with one attached hydrogen (secondary N) is 1. The van der Waals surface area contributed by atoms with Crippen molar-refractivity contribution in [3.63, 3.8) is 0 Å². The van der Waals surface area contributed by atoms with E-state index in [1.807, 2.05) is 0 Å². The van der Waals surface area contributed by atoms with Gasteiger partial charge in [0.1, 0.15) is 6.04 Å². The molecule has 114 valence electrons. The van der Waals surface area contributed by atoms with E-state index in [4.69, 9.17) is 5.11 Å². The highest BCUT2D eigenvalue weighted by Gasteiger charge is 2.33. The summed E-state index contributed by atoms with van der Waals surface area (Å²) in [5.41, 5.74) is -1.54. The van der Waals surface area contributed by atoms with Crippen molar-refractivity contribution in [2.24, 2.45) is 0 Å². The summed E-state index contributed by atoms with van der Waals surface area (Å²) in [6.45, 7) is 0.513. The SMILES string of the molecule is CN1CCC(Nc2ccc(C(F)(F)F)cc2C(=O)O)C1=O. The van der Waals surface area contributed by atoms with E-state index in [0.717, 1.165) is 12.1 Å². The molecule has 5 nitrogen and oxygen atoms in total. The van der Waals surface area contributed by atoms with E-state index < -0.39 is 29.3 Å². The van der Waals surface area contributed by atoms with Crippen LogP contribution in [0.4, 0.5) is 18.9 Å². The second-order valence-corrected chi connectivity index (χ2v) is 4.81. The number of halogens is 3. The Morgan fingerprint density at radius 3 is 2.57 bits per heavy atom. The standard InChI is InChI=1S/C13H13F3N2O3/c1-18-5-4-10(11(18)19)17-9-3-2-7(13(14,15)16)6-8(9)12(20)21/h2-3,6,10,17H,4-5H2,1H3,(H,20,21). The van der Waals surface area contributed by atoms with Gasteiger partial charge < -0.3 is 15.3 Å². The van der Waals surface area contributed by atoms with Crippen molar-refractivity contribution in [1.29, 1.82) is 0 Å². The molecule has 21 heavy (non-hydrogen) atoms. The number of hydrogen-bond donors (Lipinski definition) is 2. The molecule has 0 aromatic heterocycles. The summed E-state index contributed by atoms with van der Waals surface area (Å²) in [5, 5.41) is 11.8. The third-order valence-electron chi connectivity index (χ3n) is 3.33. The summed E-state index contributed by atoms with van der Waals surface area (Å²) in [4.78, 5) is 24.3. The lowest BCUT2D eigenvalue weighted by Crippen LogP contribution is -2.31. The minimum absolute atomic E-state index is 0.00384. The molecule has 1 aromatic rings. The number of carbonyl (C=O) groups excluding carboxylic acids is 1. The van der Waals surface area contributed by atoms with Gasteiger partial charge in [0.2, 0.25) is 5.91 Å². The number of carbonyl (C=O) groups is 2. The van der Waals surface area contributed by atoms with Crippen LogP contribution in [0.25, 0.3) is 0 Å². The Morgan fingerprint density at radius 2 is 2.10 bits per heavy atom. The number of carboxylic acids is 1. The first-order valence-electron chi connectivity index (χ1n) is 6.16. The Balaban J connectivity index is 2.31. The van der Waals surface area contributed by atoms with Gasteiger partial charge in [0, 0.05) is 19.3 Å². The number of hydrogen-bond acceptors (Lipinski definition) is 3. The second-order valence-electron chi connectivity index (χ2n) is 4.81. The second kappa shape index (κ2) is 5.27. The van der Waals surface area contributed by atoms with Gasteiger partial charge in [0.15, 0.2) is 0 Å². The number of aromatic carboxylic acids is 1. The number of alkyl halides is 3. The number of amides is 1. The minimum atomic E-state index is -4.62. The fraction of sp³-hybridized carbons (Fsp3) is 0.385. The Bertz CT molecular complexity index is 587. The lowest BCUT2D eigenvalue weighted by molar-refractivity contribution is -0.137. The molecule has 2 rings (SSSR count). The third kappa shape index (κ3) is 3.09. The van der Waals surface area contributed by atoms with E-state index in [1.54, 1.807) is 7.05 Å². The van der Waals surface area contributed by atoms with Crippen LogP contribution < -0.4 is 5.32 Å². The molecule has 1 aliphatic heterocycles. The van der Waals surface area contributed by atoms with E-state index in [9.17, 15) is 22.8 Å². The first kappa shape index (κ1) is 15.1. The van der Waals surface area contributed by atoms with Crippen LogP contribution >= 0.6 is 0 Å². The van der Waals surface area contributed by atoms with Crippen molar-refractivity contribution in [2.75, 3.05) is 18.9 Å². The zero-order chi connectivity index (χ0) is 15.8. The molecule has 1 aromatic carbocycles. The monoisotopic (exact) mass is 302 g/mol. The average molecular weight is 302 g/mol. The Labute approximate surface area is 118 Å². The van der Waals surface area contributed by atoms with Gasteiger partial charge >= 0.3 is 12.1 Å². The van der Waals surface area contributed by atoms with E-state index in [2.05, 4.69) is 5.32 Å². The maximum Gasteiger partial charge on any atom is 0.416 e. The molecule has 0 aliphatic carbocycles. The zero-order valence-electron chi connectivity index (χ0n) is 11.1. The smallest absolute Gasteiger partial charge is 0.416 e. The van der Waals surface area contributed by atoms with Crippen molar-refractivity contribution in [3.8, 4) is 0 Å². The molecule has 1 saturated heterocycles. The molecule has 1 unspecified atom stereocenters. The molecule has 2 N–H and O–H groups in total. The van der Waals surface area contributed by atoms with Gasteiger partial charge in [0.05, 0.1) is 11.1 Å². The fourth-order valence-corrected chi connectivity index (χ4v) is 2.17. The number of likely N-dealkylation sites (tertiary alicyclic amines) is 1. The van der Waals surface area contributed by atoms with Crippen LogP contribution in [-0.4, -0.2) is 41.5 Å². The highest BCUT2D eigenvalue weighted by atomic mass is 19.4. The maximum atomic E-state index is 12.6. The topological polar surface area (TPSA) is 69.6 Å². The molecule has 8 heteroatoms. The maximum absolute atomic E-state index is 12.6. The molecule has 0 spiro atoms. The van der Waals surface area contributed by atoms with Crippen LogP contribution in [0.15, 0.2) is 18.2 Å². The predicted octanol–water partition coefficient (Wildman–Crippen LogP) is 2.05. The number of rotatable bonds is 3. The van der Waals surface area contributed by atoms with Crippen molar-refractivity contribution in [2.45, 2.75) is 18.6 Å². The van der Waals surface area contributed by atoms with Crippen LogP contribution in [-0.2, 0) is 11.0 Å². The normalized spacial score (nSPS) is 19.0. The molecule has 0 bridgehead atoms. The van der Waals surface area contributed by atoms with Gasteiger partial charge in [-0.25, -0.2) is 4.79 Å². The molecule has 1 atom stereocenters. The summed E-state index contributed by atoms with van der Waals surface area (Å²) in [6.07, 6.45) is -4.15. The predicted molar refractivity (Wildman–Crippen MR) is 68.1 cm³/mol. The molecule has 1 amide bonds. The third-order valence-corrected chi connectivity index (χ3v) is 3.33. The van der Waals surface area contributed by atoms with Gasteiger partial charge in [0.25, 0.3) is 0 Å². The molecule has 0 saturated carbocycles. The van der Waals surface area contributed by atoms with Gasteiger partial charge in [-0.3, -0.25) is 4.79 Å². The molecular formula is C13H13F3N2O3. The average Bonchev–Trinajstić information content (AvgIpc) is 2.69. The first-order chi connectivity index (χ1) is 9.70. The zero-order valence-corrected chi connectivity index (χ0v) is 11.1. The van der Waals surface area contributed by atoms with Crippen LogP contribution in [0.1, 0.15) is 22.3 Å². The summed E-state index contributed by atoms with van der Waals surface area (Å²) >= 11 is 0. The lowest BCUT2D eigenvalue weighted by Gasteiger charge is -2.16. The number of anilines is 1. The van der Waals surface area contributed by atoms with Crippen LogP contribution in [0.3, 0.4) is 0 Å². The summed E-state index contributed by atoms with van der Waals surface area (Å²) in [7, 11) is 1.61. The minimum Gasteiger partial charge on any atom is -0.478 e. The van der Waals surface area contributed by atoms with Gasteiger partial charge in [-0.1, -0.05) is 0 Å². The van der Waals surface area contributed by atoms with Crippen molar-refractivity contribution in [1.82, 2.24) is 4.90 Å². The molecule has 0 radical (unpaired) electrons. The summed E-state index contributed by atoms with van der Waals surface area (Å²) < 4.78 is 37.8. The van der Waals surface area contributed by atoms with E-state index >= 15 is 0 Å². The number of benzene rings is 1. The molecule has 1 fully saturated rings. The van der Waals surface area contributed by atoms with Crippen molar-refractivity contribution < 1.29 is 27.9 Å². The fourth-order valence-electron chi connectivity index (χ4n) is 2.17.